The van der Waals surface area contributed by atoms with Crippen molar-refractivity contribution in [2.45, 2.75) is 89.9 Å². The van der Waals surface area contributed by atoms with Crippen molar-refractivity contribution < 1.29 is 63.3 Å². The van der Waals surface area contributed by atoms with Gasteiger partial charge in [0.25, 0.3) is 0 Å². The van der Waals surface area contributed by atoms with E-state index in [-0.39, 0.29) is 24.8 Å². The first-order valence-electron chi connectivity index (χ1n) is 22.3. The summed E-state index contributed by atoms with van der Waals surface area (Å²) in [6.07, 6.45) is 13.4. The number of para-hydroxylation sites is 1. The zero-order valence-corrected chi connectivity index (χ0v) is 36.7. The monoisotopic (exact) mass is 882 g/mol. The maximum Gasteiger partial charge on any atom is 0.339 e. The largest absolute Gasteiger partial charge is 0.493 e. The summed E-state index contributed by atoms with van der Waals surface area (Å²) in [5.41, 5.74) is 2.81. The Morgan fingerprint density at radius 1 is 0.484 bits per heavy atom. The van der Waals surface area contributed by atoms with Crippen LogP contribution in [0.15, 0.2) is 91.0 Å². The molecule has 13 nitrogen and oxygen atoms in total. The number of ether oxygens (including phenoxy) is 5. The molecule has 4 aromatic rings. The summed E-state index contributed by atoms with van der Waals surface area (Å²) in [7, 11) is 1.57. The molecule has 4 aliphatic rings. The van der Waals surface area contributed by atoms with Gasteiger partial charge in [-0.25, -0.2) is 4.79 Å². The molecule has 4 N–H and O–H groups in total. The molecule has 13 heteroatoms. The highest BCUT2D eigenvalue weighted by molar-refractivity contribution is 5.90. The van der Waals surface area contributed by atoms with Crippen molar-refractivity contribution in [3.05, 3.63) is 113 Å². The molecule has 0 heterocycles. The van der Waals surface area contributed by atoms with E-state index < -0.39 is 23.9 Å². The third kappa shape index (κ3) is 18.6. The van der Waals surface area contributed by atoms with Crippen molar-refractivity contribution in [2.75, 3.05) is 33.5 Å². The molecule has 4 fully saturated rings. The van der Waals surface area contributed by atoms with E-state index in [1.165, 1.54) is 64.2 Å². The molecule has 0 unspecified atom stereocenters. The Balaban J connectivity index is 0.000000161. The summed E-state index contributed by atoms with van der Waals surface area (Å²) in [4.78, 5) is 42.4. The Morgan fingerprint density at radius 2 is 0.938 bits per heavy atom. The second-order valence-electron chi connectivity index (χ2n) is 16.8. The Labute approximate surface area is 375 Å². The zero-order chi connectivity index (χ0) is 45.7. The number of aliphatic carboxylic acids is 3. The second kappa shape index (κ2) is 25.8. The van der Waals surface area contributed by atoms with E-state index in [1.54, 1.807) is 61.7 Å². The van der Waals surface area contributed by atoms with Gasteiger partial charge in [0.2, 0.25) is 0 Å². The van der Waals surface area contributed by atoms with E-state index in [4.69, 9.17) is 44.1 Å². The van der Waals surface area contributed by atoms with E-state index in [1.807, 2.05) is 36.4 Å². The lowest BCUT2D eigenvalue weighted by Gasteiger charge is -2.25. The first kappa shape index (κ1) is 48.8. The fraction of sp³-hybridized carbons (Fsp3) is 0.451. The Kier molecular flexibility index (Phi) is 19.6. The topological polar surface area (TPSA) is 195 Å². The highest BCUT2D eigenvalue weighted by Gasteiger charge is 2.23. The van der Waals surface area contributed by atoms with E-state index in [2.05, 4.69) is 0 Å². The summed E-state index contributed by atoms with van der Waals surface area (Å²) < 4.78 is 27.6. The molecule has 4 saturated carbocycles. The SMILES string of the molecule is COc1cc(CC(=O)O)ccc1OCC1CCC1.O=C(O)CCc1ccc(OCC2CC2)cc1.O=C(O)Cc1ccc(OCC2CC2)cc1.O=C(O)c1ccccc1OCC1CCC1. The number of hydrogen-bond donors (Lipinski definition) is 4. The quantitative estimate of drug-likeness (QED) is 0.0618. The highest BCUT2D eigenvalue weighted by Crippen LogP contribution is 2.33. The normalized spacial score (nSPS) is 15.1. The van der Waals surface area contributed by atoms with Crippen molar-refractivity contribution in [1.29, 1.82) is 0 Å². The minimum Gasteiger partial charge on any atom is -0.493 e. The summed E-state index contributed by atoms with van der Waals surface area (Å²) in [6.45, 7) is 2.96. The molecule has 0 saturated heterocycles. The molecule has 8 rings (SSSR count). The molecule has 4 aromatic carbocycles. The van der Waals surface area contributed by atoms with Gasteiger partial charge in [-0.05, 0) is 147 Å². The minimum absolute atomic E-state index is 0.000729. The van der Waals surface area contributed by atoms with Crippen molar-refractivity contribution in [1.82, 2.24) is 0 Å². The van der Waals surface area contributed by atoms with Crippen LogP contribution < -0.4 is 23.7 Å². The Hall–Kier alpha value is -6.24. The maximum absolute atomic E-state index is 10.9. The molecular weight excluding hydrogens is 821 g/mol. The van der Waals surface area contributed by atoms with Crippen LogP contribution >= 0.6 is 0 Å². The lowest BCUT2D eigenvalue weighted by molar-refractivity contribution is -0.137. The number of hydrogen-bond acceptors (Lipinski definition) is 9. The molecule has 344 valence electrons. The number of methoxy groups -OCH3 is 1. The van der Waals surface area contributed by atoms with Gasteiger partial charge in [0.05, 0.1) is 46.4 Å². The van der Waals surface area contributed by atoms with E-state index >= 15 is 0 Å². The molecule has 0 bridgehead atoms. The number of aromatic carboxylic acids is 1. The van der Waals surface area contributed by atoms with Gasteiger partial charge in [-0.2, -0.15) is 0 Å². The second-order valence-corrected chi connectivity index (χ2v) is 16.8. The molecule has 4 aliphatic carbocycles. The molecule has 0 aromatic heterocycles. The molecule has 0 spiro atoms. The first-order valence-corrected chi connectivity index (χ1v) is 22.3. The average molecular weight is 883 g/mol. The lowest BCUT2D eigenvalue weighted by Crippen LogP contribution is -2.20. The van der Waals surface area contributed by atoms with Crippen molar-refractivity contribution in [3.63, 3.8) is 0 Å². The van der Waals surface area contributed by atoms with E-state index in [0.29, 0.717) is 48.7 Å². The van der Waals surface area contributed by atoms with Crippen molar-refractivity contribution in [3.8, 4) is 28.7 Å². The summed E-state index contributed by atoms with van der Waals surface area (Å²) in [5.74, 6) is 2.93. The number of aryl methyl sites for hydroxylation is 1. The zero-order valence-electron chi connectivity index (χ0n) is 36.7. The molecular formula is C51H62O13. The lowest BCUT2D eigenvalue weighted by atomic mass is 9.86. The minimum atomic E-state index is -0.931. The van der Waals surface area contributed by atoms with Crippen LogP contribution in [0.5, 0.6) is 28.7 Å². The predicted molar refractivity (Wildman–Crippen MR) is 240 cm³/mol. The molecule has 0 amide bonds. The van der Waals surface area contributed by atoms with Gasteiger partial charge < -0.3 is 44.1 Å². The number of carboxylic acids is 4. The van der Waals surface area contributed by atoms with Crippen LogP contribution in [0.2, 0.25) is 0 Å². The summed E-state index contributed by atoms with van der Waals surface area (Å²) in [6, 6.07) is 27.0. The Morgan fingerprint density at radius 3 is 1.39 bits per heavy atom. The van der Waals surface area contributed by atoms with Crippen LogP contribution in [-0.2, 0) is 33.6 Å². The highest BCUT2D eigenvalue weighted by atomic mass is 16.5. The van der Waals surface area contributed by atoms with Crippen LogP contribution in [0.4, 0.5) is 0 Å². The standard InChI is InChI=1S/C14H18O4.C13H16O3.2C12H14O3/c1-17-13-7-11(8-14(15)16)5-6-12(13)18-9-10-3-2-4-10;14-13(15)8-5-10-3-6-12(7-4-10)16-9-11-1-2-11;13-12(14)7-9-3-5-11(6-4-9)15-8-10-1-2-10;13-12(14)10-6-1-2-7-11(10)15-8-9-4-3-5-9/h5-7,10H,2-4,8-9H2,1H3,(H,15,16);3-4,6-7,11H,1-2,5,8-9H2,(H,14,15);3-6,10H,1-2,7-8H2,(H,13,14);1-2,6-7,9H,3-5,8H2,(H,13,14). The van der Waals surface area contributed by atoms with Crippen LogP contribution in [0.3, 0.4) is 0 Å². The van der Waals surface area contributed by atoms with Crippen molar-refractivity contribution in [2.24, 2.45) is 23.7 Å². The molecule has 0 atom stereocenters. The molecule has 0 aliphatic heterocycles. The average Bonchev–Trinajstić information content (AvgIpc) is 4.19. The van der Waals surface area contributed by atoms with Crippen LogP contribution in [-0.4, -0.2) is 77.8 Å². The number of carboxylic acid groups (broad SMARTS) is 4. The van der Waals surface area contributed by atoms with E-state index in [9.17, 15) is 19.2 Å². The van der Waals surface area contributed by atoms with Crippen LogP contribution in [0.25, 0.3) is 0 Å². The summed E-state index contributed by atoms with van der Waals surface area (Å²) in [5, 5.41) is 34.8. The summed E-state index contributed by atoms with van der Waals surface area (Å²) >= 11 is 0. The number of benzene rings is 4. The van der Waals surface area contributed by atoms with Gasteiger partial charge in [-0.3, -0.25) is 14.4 Å². The van der Waals surface area contributed by atoms with Crippen LogP contribution in [0, 0.1) is 23.7 Å². The van der Waals surface area contributed by atoms with Gasteiger partial charge in [0.15, 0.2) is 11.5 Å². The van der Waals surface area contributed by atoms with Gasteiger partial charge in [0, 0.05) is 6.42 Å². The third-order valence-electron chi connectivity index (χ3n) is 11.3. The predicted octanol–water partition coefficient (Wildman–Crippen LogP) is 9.66. The first-order chi connectivity index (χ1) is 30.9. The number of rotatable bonds is 21. The maximum atomic E-state index is 10.9. The van der Waals surface area contributed by atoms with Gasteiger partial charge in [-0.15, -0.1) is 0 Å². The smallest absolute Gasteiger partial charge is 0.339 e. The molecule has 0 radical (unpaired) electrons. The van der Waals surface area contributed by atoms with Crippen LogP contribution in [0.1, 0.15) is 97.7 Å². The Bertz CT molecular complexity index is 2070. The number of carbonyl (C=O) groups is 4. The fourth-order valence-electron chi connectivity index (χ4n) is 6.50. The van der Waals surface area contributed by atoms with E-state index in [0.717, 1.165) is 53.2 Å². The van der Waals surface area contributed by atoms with Gasteiger partial charge in [0.1, 0.15) is 22.8 Å². The third-order valence-corrected chi connectivity index (χ3v) is 11.3. The fourth-order valence-corrected chi connectivity index (χ4v) is 6.50. The molecule has 64 heavy (non-hydrogen) atoms. The van der Waals surface area contributed by atoms with Crippen molar-refractivity contribution >= 4 is 23.9 Å². The van der Waals surface area contributed by atoms with Gasteiger partial charge in [-0.1, -0.05) is 55.3 Å². The van der Waals surface area contributed by atoms with Gasteiger partial charge >= 0.3 is 23.9 Å².